The van der Waals surface area contributed by atoms with Gasteiger partial charge < -0.3 is 10.1 Å². The first-order chi connectivity index (χ1) is 6.77. The molecule has 0 aliphatic heterocycles. The first-order valence-electron chi connectivity index (χ1n) is 4.80. The normalized spacial score (nSPS) is 19.5. The van der Waals surface area contributed by atoms with Crippen molar-refractivity contribution in [2.24, 2.45) is 0 Å². The van der Waals surface area contributed by atoms with Gasteiger partial charge in [0.2, 0.25) is 0 Å². The molecule has 0 saturated heterocycles. The fourth-order valence-corrected chi connectivity index (χ4v) is 2.70. The van der Waals surface area contributed by atoms with Crippen LogP contribution in [0.3, 0.4) is 0 Å². The summed E-state index contributed by atoms with van der Waals surface area (Å²) in [5.41, 5.74) is 2.72. The lowest BCUT2D eigenvalue weighted by atomic mass is 10.1. The van der Waals surface area contributed by atoms with Gasteiger partial charge in [0.1, 0.15) is 5.75 Å². The van der Waals surface area contributed by atoms with E-state index in [0.717, 1.165) is 18.6 Å². The zero-order chi connectivity index (χ0) is 10.1. The molecule has 0 radical (unpaired) electrons. The molecule has 1 aliphatic rings. The molecule has 3 heteroatoms. The van der Waals surface area contributed by atoms with Crippen LogP contribution in [0.1, 0.15) is 23.6 Å². The Morgan fingerprint density at radius 3 is 2.93 bits per heavy atom. The Morgan fingerprint density at radius 1 is 1.50 bits per heavy atom. The number of methoxy groups -OCH3 is 1. The Kier molecular flexibility index (Phi) is 2.79. The van der Waals surface area contributed by atoms with E-state index in [2.05, 4.69) is 27.3 Å². The Balaban J connectivity index is 2.54. The van der Waals surface area contributed by atoms with Gasteiger partial charge in [-0.2, -0.15) is 0 Å². The highest BCUT2D eigenvalue weighted by Crippen LogP contribution is 2.41. The van der Waals surface area contributed by atoms with Crippen LogP contribution in [-0.4, -0.2) is 14.2 Å². The summed E-state index contributed by atoms with van der Waals surface area (Å²) in [6, 6.07) is 4.53. The Morgan fingerprint density at radius 2 is 2.29 bits per heavy atom. The minimum atomic E-state index is 0.442. The third-order valence-corrected chi connectivity index (χ3v) is 3.60. The summed E-state index contributed by atoms with van der Waals surface area (Å²) in [6.07, 6.45) is 2.28. The summed E-state index contributed by atoms with van der Waals surface area (Å²) in [6.45, 7) is 0. The highest BCUT2D eigenvalue weighted by atomic mass is 79.9. The Bertz CT molecular complexity index is 351. The molecule has 1 unspecified atom stereocenters. The number of benzene rings is 1. The molecule has 0 fully saturated rings. The smallest absolute Gasteiger partial charge is 0.123 e. The van der Waals surface area contributed by atoms with E-state index in [4.69, 9.17) is 4.74 Å². The molecule has 0 amide bonds. The first-order valence-corrected chi connectivity index (χ1v) is 5.59. The number of ether oxygens (including phenoxy) is 1. The molecule has 1 aromatic carbocycles. The van der Waals surface area contributed by atoms with Crippen molar-refractivity contribution in [2.45, 2.75) is 18.9 Å². The van der Waals surface area contributed by atoms with Gasteiger partial charge in [0.05, 0.1) is 7.11 Å². The fourth-order valence-electron chi connectivity index (χ4n) is 2.15. The molecule has 0 spiro atoms. The average molecular weight is 256 g/mol. The number of fused-ring (bicyclic) bond motifs is 1. The second-order valence-electron chi connectivity index (χ2n) is 3.52. The van der Waals surface area contributed by atoms with Gasteiger partial charge >= 0.3 is 0 Å². The van der Waals surface area contributed by atoms with E-state index in [1.54, 1.807) is 7.11 Å². The second kappa shape index (κ2) is 3.91. The molecule has 1 aromatic rings. The van der Waals surface area contributed by atoms with E-state index in [1.165, 1.54) is 15.6 Å². The van der Waals surface area contributed by atoms with Gasteiger partial charge in [0.15, 0.2) is 0 Å². The molecule has 14 heavy (non-hydrogen) atoms. The van der Waals surface area contributed by atoms with Crippen LogP contribution >= 0.6 is 15.9 Å². The molecule has 0 saturated carbocycles. The topological polar surface area (TPSA) is 21.3 Å². The third-order valence-electron chi connectivity index (χ3n) is 2.86. The monoisotopic (exact) mass is 255 g/mol. The van der Waals surface area contributed by atoms with E-state index in [-0.39, 0.29) is 0 Å². The predicted octanol–water partition coefficient (Wildman–Crippen LogP) is 2.66. The quantitative estimate of drug-likeness (QED) is 0.878. The van der Waals surface area contributed by atoms with Crippen molar-refractivity contribution in [1.29, 1.82) is 0 Å². The summed E-state index contributed by atoms with van der Waals surface area (Å²) in [5.74, 6) is 1.00. The van der Waals surface area contributed by atoms with Crippen LogP contribution in [0.25, 0.3) is 0 Å². The van der Waals surface area contributed by atoms with Gasteiger partial charge in [0.25, 0.3) is 0 Å². The standard InChI is InChI=1S/C11H14BrNO/c1-13-9-5-3-7-8(12)4-6-10(14-2)11(7)9/h4,6,9,13H,3,5H2,1-2H3. The SMILES string of the molecule is CNC1CCc2c(Br)ccc(OC)c21. The first kappa shape index (κ1) is 9.99. The number of hydrogen-bond donors (Lipinski definition) is 1. The van der Waals surface area contributed by atoms with Crippen molar-refractivity contribution in [3.8, 4) is 5.75 Å². The number of rotatable bonds is 2. The lowest BCUT2D eigenvalue weighted by Crippen LogP contribution is -2.13. The summed E-state index contributed by atoms with van der Waals surface area (Å²) >= 11 is 3.58. The number of halogens is 1. The third kappa shape index (κ3) is 1.44. The van der Waals surface area contributed by atoms with Gasteiger partial charge in [-0.15, -0.1) is 0 Å². The highest BCUT2D eigenvalue weighted by Gasteiger charge is 2.26. The van der Waals surface area contributed by atoms with Crippen LogP contribution in [0.4, 0.5) is 0 Å². The van der Waals surface area contributed by atoms with Crippen LogP contribution < -0.4 is 10.1 Å². The zero-order valence-electron chi connectivity index (χ0n) is 8.43. The molecule has 2 rings (SSSR count). The largest absolute Gasteiger partial charge is 0.496 e. The summed E-state index contributed by atoms with van der Waals surface area (Å²) in [7, 11) is 3.73. The molecule has 76 valence electrons. The lowest BCUT2D eigenvalue weighted by molar-refractivity contribution is 0.403. The molecular formula is C11H14BrNO. The van der Waals surface area contributed by atoms with Crippen LogP contribution in [0.5, 0.6) is 5.75 Å². The van der Waals surface area contributed by atoms with Crippen LogP contribution in [0.15, 0.2) is 16.6 Å². The van der Waals surface area contributed by atoms with Crippen molar-refractivity contribution in [3.63, 3.8) is 0 Å². The average Bonchev–Trinajstić information content (AvgIpc) is 2.63. The van der Waals surface area contributed by atoms with E-state index in [1.807, 2.05) is 13.1 Å². The summed E-state index contributed by atoms with van der Waals surface area (Å²) in [5, 5.41) is 3.32. The van der Waals surface area contributed by atoms with Gasteiger partial charge in [-0.25, -0.2) is 0 Å². The minimum Gasteiger partial charge on any atom is -0.496 e. The van der Waals surface area contributed by atoms with E-state index in [0.29, 0.717) is 6.04 Å². The number of hydrogen-bond acceptors (Lipinski definition) is 2. The Hall–Kier alpha value is -0.540. The van der Waals surface area contributed by atoms with Crippen LogP contribution in [-0.2, 0) is 6.42 Å². The predicted molar refractivity (Wildman–Crippen MR) is 60.8 cm³/mol. The van der Waals surface area contributed by atoms with E-state index >= 15 is 0 Å². The van der Waals surface area contributed by atoms with Crippen molar-refractivity contribution < 1.29 is 4.74 Å². The molecule has 0 aromatic heterocycles. The second-order valence-corrected chi connectivity index (χ2v) is 4.38. The van der Waals surface area contributed by atoms with Gasteiger partial charge in [0, 0.05) is 16.1 Å². The van der Waals surface area contributed by atoms with Gasteiger partial charge in [-0.3, -0.25) is 0 Å². The molecule has 2 nitrogen and oxygen atoms in total. The minimum absolute atomic E-state index is 0.442. The maximum Gasteiger partial charge on any atom is 0.123 e. The van der Waals surface area contributed by atoms with Gasteiger partial charge in [-0.05, 0) is 37.6 Å². The number of nitrogens with one attached hydrogen (secondary N) is 1. The van der Waals surface area contributed by atoms with E-state index in [9.17, 15) is 0 Å². The van der Waals surface area contributed by atoms with Crippen molar-refractivity contribution >= 4 is 15.9 Å². The summed E-state index contributed by atoms with van der Waals surface area (Å²) in [4.78, 5) is 0. The van der Waals surface area contributed by atoms with Crippen molar-refractivity contribution in [3.05, 3.63) is 27.7 Å². The molecule has 1 N–H and O–H groups in total. The van der Waals surface area contributed by atoms with Gasteiger partial charge in [-0.1, -0.05) is 15.9 Å². The van der Waals surface area contributed by atoms with Crippen LogP contribution in [0, 0.1) is 0 Å². The van der Waals surface area contributed by atoms with Crippen molar-refractivity contribution in [1.82, 2.24) is 5.32 Å². The highest BCUT2D eigenvalue weighted by molar-refractivity contribution is 9.10. The molecule has 1 aliphatic carbocycles. The lowest BCUT2D eigenvalue weighted by Gasteiger charge is -2.14. The van der Waals surface area contributed by atoms with E-state index < -0.39 is 0 Å². The molecule has 0 heterocycles. The molecule has 0 bridgehead atoms. The maximum absolute atomic E-state index is 5.38. The fraction of sp³-hybridized carbons (Fsp3) is 0.455. The zero-order valence-corrected chi connectivity index (χ0v) is 10.0. The van der Waals surface area contributed by atoms with Crippen molar-refractivity contribution in [2.75, 3.05) is 14.2 Å². The van der Waals surface area contributed by atoms with Crippen LogP contribution in [0.2, 0.25) is 0 Å². The summed E-state index contributed by atoms with van der Waals surface area (Å²) < 4.78 is 6.58. The molecule has 1 atom stereocenters. The maximum atomic E-state index is 5.38. The molecular weight excluding hydrogens is 242 g/mol. The Labute approximate surface area is 92.8 Å².